The summed E-state index contributed by atoms with van der Waals surface area (Å²) in [5, 5.41) is 34.3. The van der Waals surface area contributed by atoms with Crippen LogP contribution in [-0.4, -0.2) is 98.2 Å². The quantitative estimate of drug-likeness (QED) is 0.179. The molecule has 0 spiro atoms. The second kappa shape index (κ2) is 12.1. The lowest BCUT2D eigenvalue weighted by Gasteiger charge is -2.42. The van der Waals surface area contributed by atoms with Crippen molar-refractivity contribution in [1.82, 2.24) is 0 Å². The number of aliphatic hydroxyl groups is 3. The molecule has 5 N–H and O–H groups in total. The van der Waals surface area contributed by atoms with Crippen molar-refractivity contribution in [2.45, 2.75) is 96.4 Å². The number of nitrogens with two attached hydrogens (primary N) is 1. The van der Waals surface area contributed by atoms with E-state index in [1.165, 1.54) is 11.8 Å². The molecule has 7 nitrogen and oxygen atoms in total. The third-order valence-electron chi connectivity index (χ3n) is 6.48. The van der Waals surface area contributed by atoms with E-state index in [4.69, 9.17) is 33.8 Å². The standard InChI is InChI=1S/C20H30Cl2F3N3O4S/c21-10-2-1-9(5-11(10)22)33-20-19(31)17(18(30)15(7-29)32-20)27-6-14(28-26)8-3-12(23)16(25)13(24)4-8/h6,8-13,15-20,29-31H,1-5,7,26H2/t8?,9?,10?,11?,12?,13?,15?,16?,17?,18-,19?,20+/m0/s1. The molecule has 1 aliphatic heterocycles. The maximum Gasteiger partial charge on any atom is 0.162 e. The Morgan fingerprint density at radius 1 is 1.06 bits per heavy atom. The summed E-state index contributed by atoms with van der Waals surface area (Å²) in [6.07, 6.45) is -7.14. The van der Waals surface area contributed by atoms with E-state index in [0.29, 0.717) is 12.8 Å². The number of aliphatic imine (C=N–C) groups is 1. The van der Waals surface area contributed by atoms with Gasteiger partial charge in [0.1, 0.15) is 42.1 Å². The summed E-state index contributed by atoms with van der Waals surface area (Å²) >= 11 is 13.8. The minimum Gasteiger partial charge on any atom is -0.394 e. The molecule has 2 saturated carbocycles. The first kappa shape index (κ1) is 27.3. The Hall–Kier alpha value is -0.300. The van der Waals surface area contributed by atoms with Crippen LogP contribution in [0.5, 0.6) is 0 Å². The van der Waals surface area contributed by atoms with Crippen molar-refractivity contribution in [3.8, 4) is 0 Å². The number of ether oxygens (including phenoxy) is 1. The van der Waals surface area contributed by atoms with E-state index in [1.807, 2.05) is 0 Å². The zero-order valence-electron chi connectivity index (χ0n) is 17.8. The first-order valence-corrected chi connectivity index (χ1v) is 12.8. The molecule has 0 bridgehead atoms. The number of hydrogen-bond acceptors (Lipinski definition) is 8. The van der Waals surface area contributed by atoms with Gasteiger partial charge in [-0.3, -0.25) is 4.99 Å². The summed E-state index contributed by atoms with van der Waals surface area (Å²) < 4.78 is 46.8. The molecule has 8 unspecified atom stereocenters. The molecule has 2 aliphatic carbocycles. The number of rotatable bonds is 6. The van der Waals surface area contributed by atoms with Crippen molar-refractivity contribution in [3.05, 3.63) is 0 Å². The van der Waals surface area contributed by atoms with Crippen LogP contribution in [0, 0.1) is 5.92 Å². The average molecular weight is 536 g/mol. The van der Waals surface area contributed by atoms with E-state index in [2.05, 4.69) is 10.1 Å². The second-order valence-electron chi connectivity index (χ2n) is 8.78. The third kappa shape index (κ3) is 6.48. The van der Waals surface area contributed by atoms with Crippen molar-refractivity contribution in [2.75, 3.05) is 6.61 Å². The SMILES string of the molecule is NN=C(C=NC1C(O)[C@@H](SC2CCC(Cl)C(Cl)C2)OC(CO)[C@@H]1O)C1CC(F)C(F)C(F)C1. The summed E-state index contributed by atoms with van der Waals surface area (Å²) in [4.78, 5) is 4.20. The van der Waals surface area contributed by atoms with Gasteiger partial charge in [-0.15, -0.1) is 35.0 Å². The van der Waals surface area contributed by atoms with Gasteiger partial charge in [0.15, 0.2) is 6.17 Å². The predicted molar refractivity (Wildman–Crippen MR) is 124 cm³/mol. The van der Waals surface area contributed by atoms with Crippen molar-refractivity contribution in [2.24, 2.45) is 21.9 Å². The van der Waals surface area contributed by atoms with Crippen LogP contribution in [0.2, 0.25) is 0 Å². The molecule has 0 radical (unpaired) electrons. The molecule has 1 heterocycles. The first-order chi connectivity index (χ1) is 15.7. The second-order valence-corrected chi connectivity index (χ2v) is 11.3. The third-order valence-corrected chi connectivity index (χ3v) is 9.08. The zero-order valence-corrected chi connectivity index (χ0v) is 20.1. The number of hydrazone groups is 1. The van der Waals surface area contributed by atoms with Crippen LogP contribution in [0.3, 0.4) is 0 Å². The molecule has 33 heavy (non-hydrogen) atoms. The summed E-state index contributed by atoms with van der Waals surface area (Å²) in [7, 11) is 0. The lowest BCUT2D eigenvalue weighted by molar-refractivity contribution is -0.159. The first-order valence-electron chi connectivity index (χ1n) is 10.9. The van der Waals surface area contributed by atoms with Gasteiger partial charge < -0.3 is 25.9 Å². The highest BCUT2D eigenvalue weighted by molar-refractivity contribution is 8.00. The van der Waals surface area contributed by atoms with Gasteiger partial charge >= 0.3 is 0 Å². The molecule has 0 aromatic heterocycles. The number of alkyl halides is 5. The van der Waals surface area contributed by atoms with Crippen molar-refractivity contribution in [3.63, 3.8) is 0 Å². The van der Waals surface area contributed by atoms with Crippen molar-refractivity contribution < 1.29 is 33.2 Å². The number of hydrogen-bond donors (Lipinski definition) is 4. The zero-order chi connectivity index (χ0) is 24.3. The van der Waals surface area contributed by atoms with Gasteiger partial charge in [-0.25, -0.2) is 13.2 Å². The van der Waals surface area contributed by atoms with Crippen LogP contribution >= 0.6 is 35.0 Å². The molecule has 1 saturated heterocycles. The number of aliphatic hydroxyl groups excluding tert-OH is 3. The normalized spacial score (nSPS) is 47.7. The topological polar surface area (TPSA) is 121 Å². The van der Waals surface area contributed by atoms with Gasteiger partial charge in [0, 0.05) is 17.4 Å². The fourth-order valence-corrected chi connectivity index (χ4v) is 6.66. The highest BCUT2D eigenvalue weighted by atomic mass is 35.5. The summed E-state index contributed by atoms with van der Waals surface area (Å²) in [5.74, 6) is 4.59. The van der Waals surface area contributed by atoms with Gasteiger partial charge in [0.25, 0.3) is 0 Å². The Balaban J connectivity index is 1.71. The van der Waals surface area contributed by atoms with E-state index < -0.39 is 60.8 Å². The fourth-order valence-electron chi connectivity index (χ4n) is 4.49. The highest BCUT2D eigenvalue weighted by Gasteiger charge is 2.46. The van der Waals surface area contributed by atoms with Crippen LogP contribution in [0.4, 0.5) is 13.2 Å². The van der Waals surface area contributed by atoms with Crippen LogP contribution in [0.15, 0.2) is 10.1 Å². The Bertz CT molecular complexity index is 703. The minimum atomic E-state index is -2.19. The summed E-state index contributed by atoms with van der Waals surface area (Å²) in [5.41, 5.74) is -0.771. The van der Waals surface area contributed by atoms with Crippen molar-refractivity contribution in [1.29, 1.82) is 0 Å². The van der Waals surface area contributed by atoms with E-state index in [9.17, 15) is 28.5 Å². The van der Waals surface area contributed by atoms with E-state index in [1.54, 1.807) is 0 Å². The molecule has 3 fully saturated rings. The fraction of sp³-hybridized carbons (Fsp3) is 0.900. The Morgan fingerprint density at radius 3 is 2.30 bits per heavy atom. The van der Waals surface area contributed by atoms with Gasteiger partial charge in [-0.05, 0) is 32.1 Å². The van der Waals surface area contributed by atoms with E-state index in [-0.39, 0.29) is 34.6 Å². The largest absolute Gasteiger partial charge is 0.394 e. The molecule has 0 aromatic rings. The Kier molecular flexibility index (Phi) is 10.0. The molecule has 3 aliphatic rings. The predicted octanol–water partition coefficient (Wildman–Crippen LogP) is 2.10. The number of halogens is 5. The van der Waals surface area contributed by atoms with E-state index >= 15 is 0 Å². The van der Waals surface area contributed by atoms with Crippen LogP contribution in [0.25, 0.3) is 0 Å². The van der Waals surface area contributed by atoms with E-state index in [0.717, 1.165) is 12.6 Å². The monoisotopic (exact) mass is 535 g/mol. The van der Waals surface area contributed by atoms with Crippen LogP contribution < -0.4 is 5.84 Å². The summed E-state index contributed by atoms with van der Waals surface area (Å²) in [6, 6.07) is -1.11. The minimum absolute atomic E-state index is 0.0354. The molecule has 10 atom stereocenters. The lowest BCUT2D eigenvalue weighted by atomic mass is 9.82. The Labute approximate surface area is 204 Å². The van der Waals surface area contributed by atoms with Gasteiger partial charge in [-0.1, -0.05) is 0 Å². The maximum absolute atomic E-state index is 13.8. The molecular formula is C20H30Cl2F3N3O4S. The maximum atomic E-state index is 13.8. The molecular weight excluding hydrogens is 506 g/mol. The average Bonchev–Trinajstić information content (AvgIpc) is 2.78. The molecule has 0 aromatic carbocycles. The number of nitrogens with zero attached hydrogens (tertiary/aromatic N) is 2. The number of thioether (sulfide) groups is 1. The smallest absolute Gasteiger partial charge is 0.162 e. The molecule has 190 valence electrons. The molecule has 3 rings (SSSR count). The van der Waals surface area contributed by atoms with Crippen LogP contribution in [0.1, 0.15) is 32.1 Å². The molecule has 0 amide bonds. The van der Waals surface area contributed by atoms with Gasteiger partial charge in [-0.2, -0.15) is 5.10 Å². The van der Waals surface area contributed by atoms with Gasteiger partial charge in [0.05, 0.1) is 23.1 Å². The van der Waals surface area contributed by atoms with Gasteiger partial charge in [0.2, 0.25) is 0 Å². The van der Waals surface area contributed by atoms with Crippen LogP contribution in [-0.2, 0) is 4.74 Å². The summed E-state index contributed by atoms with van der Waals surface area (Å²) in [6.45, 7) is -0.505. The lowest BCUT2D eigenvalue weighted by Crippen LogP contribution is -2.57. The Morgan fingerprint density at radius 2 is 1.73 bits per heavy atom. The van der Waals surface area contributed by atoms with Crippen molar-refractivity contribution >= 4 is 46.9 Å². The molecule has 13 heteroatoms. The highest BCUT2D eigenvalue weighted by Crippen LogP contribution is 2.40.